The number of carbonyl (C=O) groups is 1. The molecule has 2 aliphatic carbocycles. The van der Waals surface area contributed by atoms with Crippen LogP contribution in [0.2, 0.25) is 0 Å². The van der Waals surface area contributed by atoms with E-state index in [1.165, 1.54) is 0 Å². The number of benzene rings is 1. The lowest BCUT2D eigenvalue weighted by atomic mass is 10.1. The lowest BCUT2D eigenvalue weighted by molar-refractivity contribution is 0.0952. The molecule has 0 bridgehead atoms. The molecule has 2 heteroatoms. The van der Waals surface area contributed by atoms with Crippen LogP contribution in [0.4, 0.5) is 0 Å². The zero-order valence-corrected chi connectivity index (χ0v) is 11.0. The molecule has 0 aromatic heterocycles. The molecule has 2 nitrogen and oxygen atoms in total. The molecule has 1 N–H and O–H groups in total. The van der Waals surface area contributed by atoms with E-state index in [4.69, 9.17) is 0 Å². The molecule has 0 radical (unpaired) electrons. The average molecular weight is 261 g/mol. The van der Waals surface area contributed by atoms with Crippen LogP contribution >= 0.6 is 0 Å². The molecule has 1 aromatic carbocycles. The molecular formula is C18H15NO. The van der Waals surface area contributed by atoms with Crippen molar-refractivity contribution >= 4 is 5.91 Å². The van der Waals surface area contributed by atoms with E-state index in [0.29, 0.717) is 6.54 Å². The van der Waals surface area contributed by atoms with Gasteiger partial charge in [0.2, 0.25) is 0 Å². The Kier molecular flexibility index (Phi) is 3.46. The van der Waals surface area contributed by atoms with E-state index in [-0.39, 0.29) is 5.91 Å². The van der Waals surface area contributed by atoms with Crippen molar-refractivity contribution in [2.45, 2.75) is 6.54 Å². The molecule has 20 heavy (non-hydrogen) atoms. The third kappa shape index (κ3) is 2.54. The number of nitrogens with one attached hydrogen (secondary N) is 1. The summed E-state index contributed by atoms with van der Waals surface area (Å²) in [6, 6.07) is 23.7. The van der Waals surface area contributed by atoms with Crippen LogP contribution in [-0.4, -0.2) is 5.91 Å². The van der Waals surface area contributed by atoms with Gasteiger partial charge in [0.15, 0.2) is 0 Å². The van der Waals surface area contributed by atoms with Crippen molar-refractivity contribution in [2.75, 3.05) is 0 Å². The molecule has 1 amide bonds. The number of carbonyl (C=O) groups excluding carboxylic acids is 1. The van der Waals surface area contributed by atoms with Gasteiger partial charge in [0.05, 0.1) is 0 Å². The minimum Gasteiger partial charge on any atom is -0.348 e. The summed E-state index contributed by atoms with van der Waals surface area (Å²) in [4.78, 5) is 12.3. The van der Waals surface area contributed by atoms with Crippen molar-refractivity contribution in [1.82, 2.24) is 5.32 Å². The minimum absolute atomic E-state index is 0.0324. The predicted molar refractivity (Wildman–Crippen MR) is 80.7 cm³/mol. The highest BCUT2D eigenvalue weighted by Gasteiger charge is 2.14. The first kappa shape index (κ1) is 12.4. The van der Waals surface area contributed by atoms with E-state index < -0.39 is 0 Å². The van der Waals surface area contributed by atoms with Crippen LogP contribution in [0.25, 0.3) is 11.1 Å². The van der Waals surface area contributed by atoms with Crippen LogP contribution in [-0.2, 0) is 6.54 Å². The zero-order valence-electron chi connectivity index (χ0n) is 11.0. The summed E-state index contributed by atoms with van der Waals surface area (Å²) in [5, 5.41) is 2.96. The molecule has 3 rings (SSSR count). The summed E-state index contributed by atoms with van der Waals surface area (Å²) in [5.74, 6) is -0.0324. The van der Waals surface area contributed by atoms with Gasteiger partial charge < -0.3 is 5.32 Å². The first-order chi connectivity index (χ1) is 9.84. The number of fused-ring (bicyclic) bond motifs is 1. The molecular weight excluding hydrogens is 246 g/mol. The monoisotopic (exact) mass is 261 g/mol. The third-order valence-corrected chi connectivity index (χ3v) is 3.33. The van der Waals surface area contributed by atoms with Gasteiger partial charge in [-0.05, 0) is 22.8 Å². The normalized spacial score (nSPS) is 10.4. The van der Waals surface area contributed by atoms with E-state index in [1.54, 1.807) is 0 Å². The van der Waals surface area contributed by atoms with E-state index in [0.717, 1.165) is 22.3 Å². The Morgan fingerprint density at radius 3 is 2.30 bits per heavy atom. The fourth-order valence-electron chi connectivity index (χ4n) is 2.29. The van der Waals surface area contributed by atoms with Gasteiger partial charge in [-0.2, -0.15) is 0 Å². The Balaban J connectivity index is 1.77. The van der Waals surface area contributed by atoms with Gasteiger partial charge in [-0.1, -0.05) is 66.7 Å². The maximum absolute atomic E-state index is 12.3. The molecule has 2 aliphatic rings. The third-order valence-electron chi connectivity index (χ3n) is 3.33. The Hall–Kier alpha value is -2.61. The number of amides is 1. The lowest BCUT2D eigenvalue weighted by Gasteiger charge is -2.05. The second-order valence-electron chi connectivity index (χ2n) is 4.69. The van der Waals surface area contributed by atoms with Crippen molar-refractivity contribution in [2.24, 2.45) is 0 Å². The summed E-state index contributed by atoms with van der Waals surface area (Å²) in [7, 11) is 0. The zero-order chi connectivity index (χ0) is 13.8. The minimum atomic E-state index is -0.0324. The van der Waals surface area contributed by atoms with Gasteiger partial charge in [0, 0.05) is 12.1 Å². The first-order valence-corrected chi connectivity index (χ1v) is 6.64. The fraction of sp³-hybridized carbons (Fsp3) is 0.0556. The molecule has 0 atom stereocenters. The van der Waals surface area contributed by atoms with E-state index >= 15 is 0 Å². The Bertz CT molecular complexity index is 691. The van der Waals surface area contributed by atoms with Crippen molar-refractivity contribution in [3.8, 4) is 11.1 Å². The molecule has 0 unspecified atom stereocenters. The quantitative estimate of drug-likeness (QED) is 0.765. The largest absolute Gasteiger partial charge is 0.348 e. The summed E-state index contributed by atoms with van der Waals surface area (Å²) in [5.41, 5.74) is 3.90. The maximum atomic E-state index is 12.3. The van der Waals surface area contributed by atoms with Crippen molar-refractivity contribution in [3.63, 3.8) is 0 Å². The highest BCUT2D eigenvalue weighted by Crippen LogP contribution is 2.26. The smallest absolute Gasteiger partial charge is 0.252 e. The van der Waals surface area contributed by atoms with Crippen LogP contribution < -0.4 is 5.32 Å². The van der Waals surface area contributed by atoms with Gasteiger partial charge in [0.25, 0.3) is 5.91 Å². The number of hydrogen-bond donors (Lipinski definition) is 1. The Morgan fingerprint density at radius 1 is 0.800 bits per heavy atom. The van der Waals surface area contributed by atoms with Gasteiger partial charge in [-0.3, -0.25) is 4.79 Å². The van der Waals surface area contributed by atoms with E-state index in [9.17, 15) is 4.79 Å². The summed E-state index contributed by atoms with van der Waals surface area (Å²) < 4.78 is 0. The second kappa shape index (κ2) is 5.57. The van der Waals surface area contributed by atoms with Gasteiger partial charge in [-0.25, -0.2) is 0 Å². The molecule has 0 heterocycles. The highest BCUT2D eigenvalue weighted by molar-refractivity contribution is 6.02. The van der Waals surface area contributed by atoms with Gasteiger partial charge in [0.1, 0.15) is 0 Å². The average Bonchev–Trinajstić information content (AvgIpc) is 2.75. The van der Waals surface area contributed by atoms with Crippen LogP contribution in [0.3, 0.4) is 0 Å². The number of hydrogen-bond acceptors (Lipinski definition) is 1. The van der Waals surface area contributed by atoms with Crippen molar-refractivity contribution in [1.29, 1.82) is 0 Å². The Morgan fingerprint density at radius 2 is 1.50 bits per heavy atom. The van der Waals surface area contributed by atoms with Gasteiger partial charge in [-0.15, -0.1) is 0 Å². The summed E-state index contributed by atoms with van der Waals surface area (Å²) in [6.07, 6.45) is 0. The highest BCUT2D eigenvalue weighted by atomic mass is 16.1. The SMILES string of the molecule is O=C(NCc1ccccc1)c1ccc2cccccc1-2. The number of rotatable bonds is 3. The topological polar surface area (TPSA) is 29.1 Å². The lowest BCUT2D eigenvalue weighted by Crippen LogP contribution is -2.22. The van der Waals surface area contributed by atoms with Crippen molar-refractivity contribution in [3.05, 3.63) is 83.9 Å². The van der Waals surface area contributed by atoms with Crippen LogP contribution in [0.15, 0.2) is 72.8 Å². The fourth-order valence-corrected chi connectivity index (χ4v) is 2.29. The van der Waals surface area contributed by atoms with Crippen molar-refractivity contribution < 1.29 is 4.79 Å². The van der Waals surface area contributed by atoms with Crippen LogP contribution in [0.1, 0.15) is 15.9 Å². The van der Waals surface area contributed by atoms with E-state index in [2.05, 4.69) is 5.32 Å². The molecule has 1 aromatic rings. The molecule has 0 aliphatic heterocycles. The van der Waals surface area contributed by atoms with Crippen LogP contribution in [0, 0.1) is 0 Å². The van der Waals surface area contributed by atoms with Crippen LogP contribution in [0.5, 0.6) is 0 Å². The second-order valence-corrected chi connectivity index (χ2v) is 4.69. The summed E-state index contributed by atoms with van der Waals surface area (Å²) >= 11 is 0. The standard InChI is InChI=1S/C18H15NO/c20-18(19-13-14-7-3-1-4-8-14)17-12-11-15-9-5-2-6-10-16(15)17/h1-12H,13H2,(H,19,20). The summed E-state index contributed by atoms with van der Waals surface area (Å²) in [6.45, 7) is 0.547. The molecule has 98 valence electrons. The molecule has 0 spiro atoms. The first-order valence-electron chi connectivity index (χ1n) is 6.64. The predicted octanol–water partition coefficient (Wildman–Crippen LogP) is 3.72. The Labute approximate surface area is 118 Å². The van der Waals surface area contributed by atoms with Gasteiger partial charge >= 0.3 is 0 Å². The molecule has 0 saturated carbocycles. The maximum Gasteiger partial charge on any atom is 0.252 e. The molecule has 0 fully saturated rings. The molecule has 0 saturated heterocycles. The van der Waals surface area contributed by atoms with E-state index in [1.807, 2.05) is 72.8 Å².